The smallest absolute Gasteiger partial charge is 0.360 e. The molecule has 146 valence electrons. The SMILES string of the molecule is CB1Cc2nn(C)c(C#N)c2-c2cnc(N)c(c2)O[C@H](C)c2cc(C)ccc2O1. The Hall–Kier alpha value is -3.47. The maximum atomic E-state index is 9.68. The number of nitrogens with two attached hydrogens (primary N) is 1. The van der Waals surface area contributed by atoms with Gasteiger partial charge in [-0.15, -0.1) is 0 Å². The molecule has 4 rings (SSSR count). The second-order valence-corrected chi connectivity index (χ2v) is 7.45. The minimum atomic E-state index is -0.292. The number of hydrogen-bond donors (Lipinski definition) is 1. The molecule has 0 saturated carbocycles. The number of ether oxygens (including phenoxy) is 1. The van der Waals surface area contributed by atoms with Crippen molar-refractivity contribution in [3.8, 4) is 28.7 Å². The summed E-state index contributed by atoms with van der Waals surface area (Å²) in [4.78, 5) is 4.31. The summed E-state index contributed by atoms with van der Waals surface area (Å²) in [5.74, 6) is 1.52. The number of pyridine rings is 1. The molecular formula is C21H22BN5O2. The van der Waals surface area contributed by atoms with Crippen LogP contribution in [0.15, 0.2) is 30.5 Å². The lowest BCUT2D eigenvalue weighted by Gasteiger charge is -2.23. The number of hydrogen-bond acceptors (Lipinski definition) is 6. The van der Waals surface area contributed by atoms with Crippen LogP contribution in [-0.4, -0.2) is 21.7 Å². The lowest BCUT2D eigenvalue weighted by molar-refractivity contribution is 0.224. The molecule has 2 N–H and O–H groups in total. The van der Waals surface area contributed by atoms with Crippen LogP contribution in [0.3, 0.4) is 0 Å². The fourth-order valence-corrected chi connectivity index (χ4v) is 3.72. The van der Waals surface area contributed by atoms with Gasteiger partial charge in [-0.05, 0) is 38.9 Å². The van der Waals surface area contributed by atoms with Gasteiger partial charge in [0.25, 0.3) is 0 Å². The van der Waals surface area contributed by atoms with Crippen molar-refractivity contribution in [2.24, 2.45) is 7.05 Å². The van der Waals surface area contributed by atoms with E-state index in [4.69, 9.17) is 15.1 Å². The Balaban J connectivity index is 1.93. The summed E-state index contributed by atoms with van der Waals surface area (Å²) in [5, 5.41) is 14.3. The highest BCUT2D eigenvalue weighted by molar-refractivity contribution is 6.50. The van der Waals surface area contributed by atoms with Crippen LogP contribution < -0.4 is 15.1 Å². The quantitative estimate of drug-likeness (QED) is 0.593. The fraction of sp³-hybridized carbons (Fsp3) is 0.286. The molecular weight excluding hydrogens is 365 g/mol. The number of rotatable bonds is 0. The zero-order valence-electron chi connectivity index (χ0n) is 16.9. The lowest BCUT2D eigenvalue weighted by Crippen LogP contribution is -2.23. The minimum Gasteiger partial charge on any atom is -0.560 e. The number of benzene rings is 1. The molecule has 0 unspecified atom stereocenters. The van der Waals surface area contributed by atoms with Gasteiger partial charge in [-0.25, -0.2) is 4.98 Å². The summed E-state index contributed by atoms with van der Waals surface area (Å²) in [7, 11) is 1.76. The maximum absolute atomic E-state index is 9.68. The van der Waals surface area contributed by atoms with Crippen molar-refractivity contribution in [3.05, 3.63) is 53.0 Å². The summed E-state index contributed by atoms with van der Waals surface area (Å²) in [5.41, 5.74) is 10.9. The van der Waals surface area contributed by atoms with Crippen molar-refractivity contribution in [1.29, 1.82) is 5.26 Å². The van der Waals surface area contributed by atoms with E-state index >= 15 is 0 Å². The monoisotopic (exact) mass is 387 g/mol. The van der Waals surface area contributed by atoms with Crippen LogP contribution in [0.4, 0.5) is 5.82 Å². The molecule has 7 nitrogen and oxygen atoms in total. The first-order valence-corrected chi connectivity index (χ1v) is 9.53. The Labute approximate surface area is 170 Å². The molecule has 3 aromatic rings. The summed E-state index contributed by atoms with van der Waals surface area (Å²) >= 11 is 0. The molecule has 1 atom stereocenters. The molecule has 1 aliphatic rings. The predicted molar refractivity (Wildman–Crippen MR) is 112 cm³/mol. The summed E-state index contributed by atoms with van der Waals surface area (Å²) < 4.78 is 14.1. The van der Waals surface area contributed by atoms with Crippen LogP contribution in [0.2, 0.25) is 6.82 Å². The molecule has 1 aliphatic heterocycles. The first kappa shape index (κ1) is 18.9. The number of fused-ring (bicyclic) bond motifs is 5. The Morgan fingerprint density at radius 1 is 1.31 bits per heavy atom. The number of nitriles is 1. The Bertz CT molecular complexity index is 1130. The fourth-order valence-electron chi connectivity index (χ4n) is 3.72. The van der Waals surface area contributed by atoms with E-state index < -0.39 is 0 Å². The minimum absolute atomic E-state index is 0.149. The topological polar surface area (TPSA) is 99.0 Å². The van der Waals surface area contributed by atoms with Gasteiger partial charge < -0.3 is 15.1 Å². The van der Waals surface area contributed by atoms with Gasteiger partial charge in [0.1, 0.15) is 23.6 Å². The lowest BCUT2D eigenvalue weighted by atomic mass is 9.65. The van der Waals surface area contributed by atoms with Gasteiger partial charge >= 0.3 is 6.92 Å². The van der Waals surface area contributed by atoms with Gasteiger partial charge in [0.05, 0.1) is 5.69 Å². The maximum Gasteiger partial charge on any atom is 0.360 e. The zero-order valence-corrected chi connectivity index (χ0v) is 16.9. The van der Waals surface area contributed by atoms with Crippen LogP contribution in [0.5, 0.6) is 11.5 Å². The molecule has 0 saturated heterocycles. The molecule has 0 amide bonds. The summed E-state index contributed by atoms with van der Waals surface area (Å²) in [6.45, 7) is 5.84. The highest BCUT2D eigenvalue weighted by Crippen LogP contribution is 2.37. The average molecular weight is 387 g/mol. The van der Waals surface area contributed by atoms with Crippen LogP contribution in [0.25, 0.3) is 11.1 Å². The Morgan fingerprint density at radius 3 is 2.86 bits per heavy atom. The molecule has 0 spiro atoms. The average Bonchev–Trinajstić information content (AvgIpc) is 2.98. The van der Waals surface area contributed by atoms with E-state index in [1.54, 1.807) is 17.9 Å². The van der Waals surface area contributed by atoms with Crippen LogP contribution in [0.1, 0.15) is 35.5 Å². The van der Waals surface area contributed by atoms with Crippen molar-refractivity contribution in [2.75, 3.05) is 5.73 Å². The van der Waals surface area contributed by atoms with E-state index in [0.717, 1.165) is 33.7 Å². The number of aromatic nitrogens is 3. The Morgan fingerprint density at radius 2 is 2.10 bits per heavy atom. The third kappa shape index (κ3) is 3.40. The van der Waals surface area contributed by atoms with Gasteiger partial charge in [-0.1, -0.05) is 11.6 Å². The van der Waals surface area contributed by atoms with Crippen molar-refractivity contribution < 1.29 is 9.39 Å². The number of anilines is 1. The molecule has 0 fully saturated rings. The summed E-state index contributed by atoms with van der Waals surface area (Å²) in [6.07, 6.45) is 1.91. The van der Waals surface area contributed by atoms with Crippen molar-refractivity contribution in [2.45, 2.75) is 33.1 Å². The largest absolute Gasteiger partial charge is 0.560 e. The molecule has 1 aromatic carbocycles. The van der Waals surface area contributed by atoms with E-state index in [0.29, 0.717) is 23.6 Å². The molecule has 3 heterocycles. The predicted octanol–water partition coefficient (Wildman–Crippen LogP) is 3.48. The highest BCUT2D eigenvalue weighted by atomic mass is 16.5. The first-order valence-electron chi connectivity index (χ1n) is 9.53. The van der Waals surface area contributed by atoms with Gasteiger partial charge in [0.15, 0.2) is 11.6 Å². The highest BCUT2D eigenvalue weighted by Gasteiger charge is 2.26. The van der Waals surface area contributed by atoms with Crippen molar-refractivity contribution in [3.63, 3.8) is 0 Å². The van der Waals surface area contributed by atoms with E-state index in [1.165, 1.54) is 0 Å². The number of aryl methyl sites for hydroxylation is 2. The third-order valence-electron chi connectivity index (χ3n) is 5.11. The van der Waals surface area contributed by atoms with Crippen molar-refractivity contribution >= 4 is 12.7 Å². The second-order valence-electron chi connectivity index (χ2n) is 7.45. The Kier molecular flexibility index (Phi) is 4.67. The molecule has 0 aliphatic carbocycles. The van der Waals surface area contributed by atoms with E-state index in [2.05, 4.69) is 22.2 Å². The van der Waals surface area contributed by atoms with Crippen molar-refractivity contribution in [1.82, 2.24) is 14.8 Å². The molecule has 2 bridgehead atoms. The number of nitrogen functional groups attached to an aromatic ring is 1. The normalized spacial score (nSPS) is 15.7. The molecule has 0 radical (unpaired) electrons. The van der Waals surface area contributed by atoms with E-state index in [1.807, 2.05) is 38.9 Å². The second kappa shape index (κ2) is 7.17. The first-order chi connectivity index (χ1) is 13.9. The van der Waals surface area contributed by atoms with Gasteiger partial charge in [0, 0.05) is 36.3 Å². The number of nitrogens with zero attached hydrogens (tertiary/aromatic N) is 4. The molecule has 8 heteroatoms. The van der Waals surface area contributed by atoms with Crippen LogP contribution in [0, 0.1) is 18.3 Å². The third-order valence-corrected chi connectivity index (χ3v) is 5.11. The van der Waals surface area contributed by atoms with Gasteiger partial charge in [-0.2, -0.15) is 10.4 Å². The van der Waals surface area contributed by atoms with E-state index in [-0.39, 0.29) is 13.0 Å². The molecule has 29 heavy (non-hydrogen) atoms. The van der Waals surface area contributed by atoms with Gasteiger partial charge in [0.2, 0.25) is 0 Å². The zero-order chi connectivity index (χ0) is 20.7. The van der Waals surface area contributed by atoms with Crippen LogP contribution in [-0.2, 0) is 13.4 Å². The summed E-state index contributed by atoms with van der Waals surface area (Å²) in [6, 6.07) is 10.1. The standard InChI is InChI=1S/C21H22BN5O2/c1-12-5-6-18-15(7-12)13(2)28-19-8-14(11-25-21(19)24)20-16(9-22(3)29-18)26-27(4)17(20)10-23/h5-8,11,13H,9H2,1-4H3,(H2,24,25)/t13-/m1/s1. The van der Waals surface area contributed by atoms with Crippen LogP contribution >= 0.6 is 0 Å². The van der Waals surface area contributed by atoms with Gasteiger partial charge in [-0.3, -0.25) is 4.68 Å². The van der Waals surface area contributed by atoms with E-state index in [9.17, 15) is 5.26 Å². The molecule has 2 aromatic heterocycles.